The molecule has 2 rings (SSSR count). The Bertz CT molecular complexity index is 578. The molecule has 0 fully saturated rings. The fraction of sp³-hybridized carbons (Fsp3) is 0.333. The average Bonchev–Trinajstić information content (AvgIpc) is 2.37. The fourth-order valence-electron chi connectivity index (χ4n) is 1.94. The van der Waals surface area contributed by atoms with Crippen molar-refractivity contribution in [3.63, 3.8) is 0 Å². The number of aryl methyl sites for hydroxylation is 3. The summed E-state index contributed by atoms with van der Waals surface area (Å²) in [6, 6.07) is 6.25. The summed E-state index contributed by atoms with van der Waals surface area (Å²) in [6.07, 6.45) is 1.57. The second kappa shape index (κ2) is 5.69. The summed E-state index contributed by atoms with van der Waals surface area (Å²) >= 11 is 0. The van der Waals surface area contributed by atoms with Crippen LogP contribution in [0.2, 0.25) is 0 Å². The molecule has 0 aliphatic carbocycles. The van der Waals surface area contributed by atoms with Crippen LogP contribution in [0.3, 0.4) is 0 Å². The van der Waals surface area contributed by atoms with Gasteiger partial charge >= 0.3 is 0 Å². The first kappa shape index (κ1) is 13.3. The standard InChI is InChI=1S/C15H20N4/c1-5-16-14-8-15(18-9-17-14)19-13-7-11(3)10(2)6-12(13)4/h6-9H,5H2,1-4H3,(H2,16,17,18,19). The molecule has 100 valence electrons. The molecule has 0 saturated heterocycles. The molecule has 0 saturated carbocycles. The number of nitrogens with zero attached hydrogens (tertiary/aromatic N) is 2. The summed E-state index contributed by atoms with van der Waals surface area (Å²) in [5, 5.41) is 6.53. The molecule has 4 heteroatoms. The highest BCUT2D eigenvalue weighted by Gasteiger charge is 2.04. The molecule has 0 radical (unpaired) electrons. The lowest BCUT2D eigenvalue weighted by Crippen LogP contribution is -2.02. The summed E-state index contributed by atoms with van der Waals surface area (Å²) < 4.78 is 0. The molecule has 4 nitrogen and oxygen atoms in total. The summed E-state index contributed by atoms with van der Waals surface area (Å²) in [4.78, 5) is 8.41. The van der Waals surface area contributed by atoms with Crippen LogP contribution in [0.5, 0.6) is 0 Å². The first-order valence-electron chi connectivity index (χ1n) is 6.51. The van der Waals surface area contributed by atoms with E-state index in [1.54, 1.807) is 6.33 Å². The van der Waals surface area contributed by atoms with Gasteiger partial charge in [0.25, 0.3) is 0 Å². The van der Waals surface area contributed by atoms with Gasteiger partial charge in [-0.2, -0.15) is 0 Å². The topological polar surface area (TPSA) is 49.8 Å². The van der Waals surface area contributed by atoms with Crippen LogP contribution in [-0.4, -0.2) is 16.5 Å². The smallest absolute Gasteiger partial charge is 0.135 e. The number of hydrogen-bond acceptors (Lipinski definition) is 4. The van der Waals surface area contributed by atoms with Crippen LogP contribution in [-0.2, 0) is 0 Å². The van der Waals surface area contributed by atoms with E-state index in [0.717, 1.165) is 23.9 Å². The van der Waals surface area contributed by atoms with Crippen LogP contribution in [0.25, 0.3) is 0 Å². The molecule has 1 aromatic heterocycles. The maximum absolute atomic E-state index is 4.25. The molecule has 1 aromatic carbocycles. The Kier molecular flexibility index (Phi) is 4.00. The lowest BCUT2D eigenvalue weighted by molar-refractivity contribution is 1.11. The maximum atomic E-state index is 4.25. The minimum Gasteiger partial charge on any atom is -0.370 e. The van der Waals surface area contributed by atoms with Crippen molar-refractivity contribution >= 4 is 17.3 Å². The lowest BCUT2D eigenvalue weighted by Gasteiger charge is -2.12. The minimum atomic E-state index is 0.803. The molecule has 2 aromatic rings. The zero-order valence-corrected chi connectivity index (χ0v) is 11.9. The third-order valence-electron chi connectivity index (χ3n) is 3.13. The highest BCUT2D eigenvalue weighted by Crippen LogP contribution is 2.23. The zero-order chi connectivity index (χ0) is 13.8. The van der Waals surface area contributed by atoms with Crippen LogP contribution in [0.1, 0.15) is 23.6 Å². The van der Waals surface area contributed by atoms with Gasteiger partial charge in [-0.15, -0.1) is 0 Å². The molecule has 0 aliphatic rings. The van der Waals surface area contributed by atoms with E-state index < -0.39 is 0 Å². The number of hydrogen-bond donors (Lipinski definition) is 2. The second-order valence-electron chi connectivity index (χ2n) is 4.70. The quantitative estimate of drug-likeness (QED) is 0.878. The molecule has 0 bridgehead atoms. The minimum absolute atomic E-state index is 0.803. The molecule has 19 heavy (non-hydrogen) atoms. The van der Waals surface area contributed by atoms with Gasteiger partial charge in [0.15, 0.2) is 0 Å². The van der Waals surface area contributed by atoms with Gasteiger partial charge in [0.05, 0.1) is 0 Å². The summed E-state index contributed by atoms with van der Waals surface area (Å²) in [7, 11) is 0. The highest BCUT2D eigenvalue weighted by atomic mass is 15.1. The monoisotopic (exact) mass is 256 g/mol. The molecule has 2 N–H and O–H groups in total. The van der Waals surface area contributed by atoms with E-state index in [9.17, 15) is 0 Å². The Morgan fingerprint density at radius 2 is 1.58 bits per heavy atom. The van der Waals surface area contributed by atoms with Gasteiger partial charge in [0, 0.05) is 18.3 Å². The Morgan fingerprint density at radius 1 is 0.895 bits per heavy atom. The molecule has 0 unspecified atom stereocenters. The fourth-order valence-corrected chi connectivity index (χ4v) is 1.94. The van der Waals surface area contributed by atoms with Crippen LogP contribution >= 0.6 is 0 Å². The zero-order valence-electron chi connectivity index (χ0n) is 11.9. The Hall–Kier alpha value is -2.10. The van der Waals surface area contributed by atoms with Gasteiger partial charge in [-0.3, -0.25) is 0 Å². The summed E-state index contributed by atoms with van der Waals surface area (Å²) in [5.41, 5.74) is 4.88. The first-order valence-corrected chi connectivity index (χ1v) is 6.51. The molecule has 0 atom stereocenters. The van der Waals surface area contributed by atoms with Gasteiger partial charge in [-0.25, -0.2) is 9.97 Å². The molecular weight excluding hydrogens is 236 g/mol. The van der Waals surface area contributed by atoms with Gasteiger partial charge < -0.3 is 10.6 Å². The number of aromatic nitrogens is 2. The largest absolute Gasteiger partial charge is 0.370 e. The van der Waals surface area contributed by atoms with Crippen LogP contribution in [0.4, 0.5) is 17.3 Å². The average molecular weight is 256 g/mol. The highest BCUT2D eigenvalue weighted by molar-refractivity contribution is 5.63. The van der Waals surface area contributed by atoms with Crippen molar-refractivity contribution in [1.82, 2.24) is 9.97 Å². The molecule has 1 heterocycles. The maximum Gasteiger partial charge on any atom is 0.135 e. The predicted octanol–water partition coefficient (Wildman–Crippen LogP) is 3.58. The van der Waals surface area contributed by atoms with Crippen molar-refractivity contribution in [3.05, 3.63) is 41.2 Å². The molecule has 0 spiro atoms. The number of anilines is 3. The van der Waals surface area contributed by atoms with Crippen molar-refractivity contribution in [2.45, 2.75) is 27.7 Å². The van der Waals surface area contributed by atoms with Crippen molar-refractivity contribution in [3.8, 4) is 0 Å². The Balaban J connectivity index is 2.25. The van der Waals surface area contributed by atoms with E-state index in [2.05, 4.69) is 53.5 Å². The van der Waals surface area contributed by atoms with E-state index >= 15 is 0 Å². The van der Waals surface area contributed by atoms with E-state index in [0.29, 0.717) is 0 Å². The predicted molar refractivity (Wildman–Crippen MR) is 80.1 cm³/mol. The number of nitrogens with one attached hydrogen (secondary N) is 2. The summed E-state index contributed by atoms with van der Waals surface area (Å²) in [6.45, 7) is 9.23. The van der Waals surface area contributed by atoms with Crippen LogP contribution in [0, 0.1) is 20.8 Å². The van der Waals surface area contributed by atoms with Gasteiger partial charge in [0.2, 0.25) is 0 Å². The van der Waals surface area contributed by atoms with Crippen LogP contribution < -0.4 is 10.6 Å². The Labute approximate surface area is 114 Å². The molecule has 0 amide bonds. The second-order valence-corrected chi connectivity index (χ2v) is 4.70. The van der Waals surface area contributed by atoms with Gasteiger partial charge in [0.1, 0.15) is 18.0 Å². The van der Waals surface area contributed by atoms with Crippen LogP contribution in [0.15, 0.2) is 24.5 Å². The van der Waals surface area contributed by atoms with Gasteiger partial charge in [-0.1, -0.05) is 6.07 Å². The van der Waals surface area contributed by atoms with E-state index in [1.807, 2.05) is 13.0 Å². The third-order valence-corrected chi connectivity index (χ3v) is 3.13. The Morgan fingerprint density at radius 3 is 2.32 bits per heavy atom. The number of benzene rings is 1. The summed E-state index contributed by atoms with van der Waals surface area (Å²) in [5.74, 6) is 1.64. The normalized spacial score (nSPS) is 10.3. The van der Waals surface area contributed by atoms with Gasteiger partial charge in [-0.05, 0) is 50.5 Å². The van der Waals surface area contributed by atoms with Crippen molar-refractivity contribution in [1.29, 1.82) is 0 Å². The molecular formula is C15H20N4. The first-order chi connectivity index (χ1) is 9.10. The van der Waals surface area contributed by atoms with Crippen molar-refractivity contribution in [2.75, 3.05) is 17.2 Å². The van der Waals surface area contributed by atoms with E-state index in [4.69, 9.17) is 0 Å². The lowest BCUT2D eigenvalue weighted by atomic mass is 10.1. The van der Waals surface area contributed by atoms with E-state index in [1.165, 1.54) is 16.7 Å². The van der Waals surface area contributed by atoms with Crippen molar-refractivity contribution in [2.24, 2.45) is 0 Å². The third kappa shape index (κ3) is 3.22. The molecule has 0 aliphatic heterocycles. The van der Waals surface area contributed by atoms with Crippen molar-refractivity contribution < 1.29 is 0 Å². The number of rotatable bonds is 4. The van der Waals surface area contributed by atoms with E-state index in [-0.39, 0.29) is 0 Å². The SMILES string of the molecule is CCNc1cc(Nc2cc(C)c(C)cc2C)ncn1.